The van der Waals surface area contributed by atoms with Crippen molar-refractivity contribution < 1.29 is 22.7 Å². The van der Waals surface area contributed by atoms with Gasteiger partial charge in [0, 0.05) is 18.9 Å². The van der Waals surface area contributed by atoms with Crippen LogP contribution in [0.4, 0.5) is 13.2 Å². The van der Waals surface area contributed by atoms with Gasteiger partial charge in [-0.2, -0.15) is 0 Å². The van der Waals surface area contributed by atoms with E-state index in [1.54, 1.807) is 6.07 Å². The van der Waals surface area contributed by atoms with E-state index in [1.807, 2.05) is 0 Å². The molecule has 1 amide bonds. The maximum Gasteiger partial charge on any atom is 0.260 e. The number of carbonyl (C=O) groups excluding carboxylic acids is 1. The number of para-hydroxylation sites is 1. The minimum atomic E-state index is -2.63. The van der Waals surface area contributed by atoms with Crippen LogP contribution in [0.2, 0.25) is 0 Å². The smallest absolute Gasteiger partial charge is 0.260 e. The Bertz CT molecular complexity index is 497. The molecule has 1 N–H and O–H groups in total. The summed E-state index contributed by atoms with van der Waals surface area (Å²) in [7, 11) is 0. The van der Waals surface area contributed by atoms with Gasteiger partial charge in [0.05, 0.1) is 0 Å². The predicted octanol–water partition coefficient (Wildman–Crippen LogP) is 3.29. The van der Waals surface area contributed by atoms with Crippen molar-refractivity contribution in [3.63, 3.8) is 0 Å². The van der Waals surface area contributed by atoms with Crippen LogP contribution < -0.4 is 10.1 Å². The van der Waals surface area contributed by atoms with Crippen LogP contribution in [0.15, 0.2) is 24.3 Å². The normalized spacial score (nSPS) is 19.8. The molecule has 0 spiro atoms. The molecule has 1 aromatic carbocycles. The molecule has 0 aromatic heterocycles. The van der Waals surface area contributed by atoms with E-state index >= 15 is 0 Å². The summed E-state index contributed by atoms with van der Waals surface area (Å²) < 4.78 is 44.7. The summed E-state index contributed by atoms with van der Waals surface area (Å²) >= 11 is 0. The largest absolute Gasteiger partial charge is 0.478 e. The Labute approximate surface area is 121 Å². The highest BCUT2D eigenvalue weighted by molar-refractivity contribution is 5.81. The lowest BCUT2D eigenvalue weighted by Crippen LogP contribution is -2.45. The van der Waals surface area contributed by atoms with Crippen molar-refractivity contribution >= 4 is 5.91 Å². The first kappa shape index (κ1) is 15.7. The quantitative estimate of drug-likeness (QED) is 0.927. The number of hydrogen-bond acceptors (Lipinski definition) is 2. The standard InChI is InChI=1S/C15H18F3NO2/c1-10(21-13-5-3-2-4-12(13)16)14(20)19-11-6-8-15(17,18)9-7-11/h2-5,10-11H,6-9H2,1H3,(H,19,20)/t10-/m0/s1. The Morgan fingerprint density at radius 2 is 1.95 bits per heavy atom. The summed E-state index contributed by atoms with van der Waals surface area (Å²) in [6.07, 6.45) is -0.846. The van der Waals surface area contributed by atoms with Crippen molar-refractivity contribution in [2.24, 2.45) is 0 Å². The molecule has 0 bridgehead atoms. The number of nitrogens with one attached hydrogen (secondary N) is 1. The third-order valence-electron chi connectivity index (χ3n) is 3.57. The topological polar surface area (TPSA) is 38.3 Å². The van der Waals surface area contributed by atoms with E-state index in [9.17, 15) is 18.0 Å². The molecule has 1 atom stereocenters. The Morgan fingerprint density at radius 3 is 2.57 bits per heavy atom. The van der Waals surface area contributed by atoms with Crippen molar-refractivity contribution in [3.05, 3.63) is 30.1 Å². The number of benzene rings is 1. The molecule has 0 unspecified atom stereocenters. The van der Waals surface area contributed by atoms with Crippen molar-refractivity contribution in [2.75, 3.05) is 0 Å². The monoisotopic (exact) mass is 301 g/mol. The van der Waals surface area contributed by atoms with Gasteiger partial charge in [-0.1, -0.05) is 12.1 Å². The SMILES string of the molecule is C[C@H](Oc1ccccc1F)C(=O)NC1CCC(F)(F)CC1. The molecular formula is C15H18F3NO2. The number of amides is 1. The number of ether oxygens (including phenoxy) is 1. The molecule has 3 nitrogen and oxygen atoms in total. The van der Waals surface area contributed by atoms with Crippen molar-refractivity contribution in [3.8, 4) is 5.75 Å². The van der Waals surface area contributed by atoms with E-state index in [2.05, 4.69) is 5.32 Å². The number of alkyl halides is 2. The van der Waals surface area contributed by atoms with Gasteiger partial charge in [-0.3, -0.25) is 4.79 Å². The maximum atomic E-state index is 13.4. The van der Waals surface area contributed by atoms with Gasteiger partial charge >= 0.3 is 0 Å². The summed E-state index contributed by atoms with van der Waals surface area (Å²) in [6, 6.07) is 5.52. The fourth-order valence-electron chi connectivity index (χ4n) is 2.29. The minimum absolute atomic E-state index is 0.00433. The second kappa shape index (κ2) is 6.37. The van der Waals surface area contributed by atoms with Crippen LogP contribution in [0.3, 0.4) is 0 Å². The van der Waals surface area contributed by atoms with Gasteiger partial charge < -0.3 is 10.1 Å². The highest BCUT2D eigenvalue weighted by Gasteiger charge is 2.35. The molecule has 1 fully saturated rings. The molecule has 2 rings (SSSR count). The zero-order valence-electron chi connectivity index (χ0n) is 11.7. The lowest BCUT2D eigenvalue weighted by atomic mass is 9.92. The van der Waals surface area contributed by atoms with Crippen LogP contribution in [0.5, 0.6) is 5.75 Å². The molecule has 116 valence electrons. The molecule has 1 aliphatic rings. The van der Waals surface area contributed by atoms with Crippen molar-refractivity contribution in [1.82, 2.24) is 5.32 Å². The Hall–Kier alpha value is -1.72. The third kappa shape index (κ3) is 4.37. The average Bonchev–Trinajstić information content (AvgIpc) is 2.43. The molecule has 21 heavy (non-hydrogen) atoms. The summed E-state index contributed by atoms with van der Waals surface area (Å²) in [5, 5.41) is 2.68. The second-order valence-corrected chi connectivity index (χ2v) is 5.33. The maximum absolute atomic E-state index is 13.4. The summed E-state index contributed by atoms with van der Waals surface area (Å²) in [5.74, 6) is -3.60. The van der Waals surface area contributed by atoms with E-state index in [0.29, 0.717) is 0 Å². The Kier molecular flexibility index (Phi) is 4.75. The third-order valence-corrected chi connectivity index (χ3v) is 3.57. The summed E-state index contributed by atoms with van der Waals surface area (Å²) in [6.45, 7) is 1.50. The highest BCUT2D eigenvalue weighted by Crippen LogP contribution is 2.33. The summed E-state index contributed by atoms with van der Waals surface area (Å²) in [5.41, 5.74) is 0. The highest BCUT2D eigenvalue weighted by atomic mass is 19.3. The van der Waals surface area contributed by atoms with Gasteiger partial charge in [-0.05, 0) is 31.9 Å². The number of rotatable bonds is 4. The average molecular weight is 301 g/mol. The van der Waals surface area contributed by atoms with Crippen molar-refractivity contribution in [2.45, 2.75) is 50.7 Å². The molecule has 6 heteroatoms. The first-order valence-corrected chi connectivity index (χ1v) is 6.97. The molecule has 0 radical (unpaired) electrons. The number of hydrogen-bond donors (Lipinski definition) is 1. The van der Waals surface area contributed by atoms with Gasteiger partial charge in [-0.25, -0.2) is 13.2 Å². The zero-order chi connectivity index (χ0) is 15.5. The number of halogens is 3. The van der Waals surface area contributed by atoms with Gasteiger partial charge in [0.25, 0.3) is 5.91 Å². The number of carbonyl (C=O) groups is 1. The first-order chi connectivity index (χ1) is 9.87. The van der Waals surface area contributed by atoms with Crippen LogP contribution in [-0.2, 0) is 4.79 Å². The van der Waals surface area contributed by atoms with Gasteiger partial charge in [-0.15, -0.1) is 0 Å². The van der Waals surface area contributed by atoms with E-state index in [4.69, 9.17) is 4.74 Å². The fraction of sp³-hybridized carbons (Fsp3) is 0.533. The van der Waals surface area contributed by atoms with Gasteiger partial charge in [0.2, 0.25) is 5.92 Å². The van der Waals surface area contributed by atoms with E-state index < -0.39 is 23.8 Å². The molecule has 1 aromatic rings. The van der Waals surface area contributed by atoms with E-state index in [1.165, 1.54) is 25.1 Å². The van der Waals surface area contributed by atoms with Crippen LogP contribution in [0, 0.1) is 5.82 Å². The molecular weight excluding hydrogens is 283 g/mol. The fourth-order valence-corrected chi connectivity index (χ4v) is 2.29. The zero-order valence-corrected chi connectivity index (χ0v) is 11.7. The van der Waals surface area contributed by atoms with Gasteiger partial charge in [0.1, 0.15) is 0 Å². The van der Waals surface area contributed by atoms with Crippen LogP contribution in [0.25, 0.3) is 0 Å². The summed E-state index contributed by atoms with van der Waals surface area (Å²) in [4.78, 5) is 11.9. The predicted molar refractivity (Wildman–Crippen MR) is 71.8 cm³/mol. The minimum Gasteiger partial charge on any atom is -0.478 e. The van der Waals surface area contributed by atoms with Crippen LogP contribution in [0.1, 0.15) is 32.6 Å². The van der Waals surface area contributed by atoms with Crippen LogP contribution >= 0.6 is 0 Å². The molecule has 1 saturated carbocycles. The lowest BCUT2D eigenvalue weighted by molar-refractivity contribution is -0.129. The second-order valence-electron chi connectivity index (χ2n) is 5.33. The lowest BCUT2D eigenvalue weighted by Gasteiger charge is -2.29. The first-order valence-electron chi connectivity index (χ1n) is 6.97. The Balaban J connectivity index is 1.85. The van der Waals surface area contributed by atoms with Crippen LogP contribution in [-0.4, -0.2) is 24.0 Å². The molecule has 1 aliphatic carbocycles. The van der Waals surface area contributed by atoms with Crippen molar-refractivity contribution in [1.29, 1.82) is 0 Å². The van der Waals surface area contributed by atoms with Gasteiger partial charge in [0.15, 0.2) is 17.7 Å². The van der Waals surface area contributed by atoms with E-state index in [-0.39, 0.29) is 37.5 Å². The van der Waals surface area contributed by atoms with E-state index in [0.717, 1.165) is 0 Å². The molecule has 0 heterocycles. The molecule has 0 saturated heterocycles. The Morgan fingerprint density at radius 1 is 1.33 bits per heavy atom. The molecule has 0 aliphatic heterocycles.